The van der Waals surface area contributed by atoms with Crippen LogP contribution in [0.1, 0.15) is 21.5 Å². The zero-order valence-corrected chi connectivity index (χ0v) is 14.7. The minimum Gasteiger partial charge on any atom is -0.496 e. The largest absolute Gasteiger partial charge is 0.496 e. The van der Waals surface area contributed by atoms with Gasteiger partial charge in [-0.3, -0.25) is 4.79 Å². The maximum atomic E-state index is 11.5. The molecule has 0 aliphatic carbocycles. The zero-order valence-electron chi connectivity index (χ0n) is 14.7. The van der Waals surface area contributed by atoms with Gasteiger partial charge in [0.05, 0.1) is 18.2 Å². The lowest BCUT2D eigenvalue weighted by Crippen LogP contribution is -1.90. The van der Waals surface area contributed by atoms with Crippen molar-refractivity contribution in [2.75, 3.05) is 7.11 Å². The van der Waals surface area contributed by atoms with Crippen molar-refractivity contribution in [3.05, 3.63) is 89.5 Å². The van der Waals surface area contributed by atoms with E-state index in [4.69, 9.17) is 9.15 Å². The highest BCUT2D eigenvalue weighted by Gasteiger charge is 2.17. The molecule has 0 fully saturated rings. The predicted molar refractivity (Wildman–Crippen MR) is 106 cm³/mol. The Labute approximate surface area is 157 Å². The number of fused-ring (bicyclic) bond motifs is 1. The summed E-state index contributed by atoms with van der Waals surface area (Å²) in [5.74, 6) is 7.58. The van der Waals surface area contributed by atoms with E-state index < -0.39 is 0 Å². The zero-order chi connectivity index (χ0) is 18.6. The van der Waals surface area contributed by atoms with Gasteiger partial charge < -0.3 is 9.15 Å². The molecule has 0 aliphatic rings. The molecule has 4 aromatic rings. The first-order chi connectivity index (χ1) is 13.3. The van der Waals surface area contributed by atoms with Crippen LogP contribution in [0.3, 0.4) is 0 Å². The van der Waals surface area contributed by atoms with Crippen LogP contribution in [0.15, 0.2) is 77.2 Å². The van der Waals surface area contributed by atoms with Gasteiger partial charge in [-0.1, -0.05) is 60.4 Å². The van der Waals surface area contributed by atoms with Crippen molar-refractivity contribution in [1.29, 1.82) is 0 Å². The van der Waals surface area contributed by atoms with E-state index in [1.54, 1.807) is 12.1 Å². The Kier molecular flexibility index (Phi) is 4.47. The number of ether oxygens (including phenoxy) is 1. The second-order valence-electron chi connectivity index (χ2n) is 6.00. The molecule has 1 heterocycles. The Morgan fingerprint density at radius 1 is 0.926 bits per heavy atom. The molecular formula is C24H16O3. The first-order valence-corrected chi connectivity index (χ1v) is 8.52. The third-order valence-corrected chi connectivity index (χ3v) is 4.31. The van der Waals surface area contributed by atoms with Gasteiger partial charge >= 0.3 is 0 Å². The van der Waals surface area contributed by atoms with Crippen LogP contribution in [0.5, 0.6) is 5.75 Å². The van der Waals surface area contributed by atoms with Crippen LogP contribution in [0.25, 0.3) is 22.3 Å². The van der Waals surface area contributed by atoms with Gasteiger partial charge in [0.2, 0.25) is 0 Å². The van der Waals surface area contributed by atoms with Crippen LogP contribution in [0.4, 0.5) is 0 Å². The highest BCUT2D eigenvalue weighted by Crippen LogP contribution is 2.36. The Balaban J connectivity index is 1.98. The number of benzene rings is 3. The van der Waals surface area contributed by atoms with Gasteiger partial charge in [0.1, 0.15) is 11.3 Å². The molecule has 130 valence electrons. The van der Waals surface area contributed by atoms with Crippen molar-refractivity contribution in [2.24, 2.45) is 0 Å². The van der Waals surface area contributed by atoms with Crippen LogP contribution < -0.4 is 4.74 Å². The summed E-state index contributed by atoms with van der Waals surface area (Å²) < 4.78 is 11.4. The molecule has 0 spiro atoms. The Hall–Kier alpha value is -3.77. The number of carbonyl (C=O) groups is 1. The van der Waals surface area contributed by atoms with Crippen LogP contribution in [0, 0.1) is 11.8 Å². The first kappa shape index (κ1) is 16.7. The smallest absolute Gasteiger partial charge is 0.153 e. The number of hydrogen-bond donors (Lipinski definition) is 0. The summed E-state index contributed by atoms with van der Waals surface area (Å²) in [5.41, 5.74) is 3.69. The van der Waals surface area contributed by atoms with Gasteiger partial charge in [0.15, 0.2) is 12.0 Å². The Morgan fingerprint density at radius 3 is 2.30 bits per heavy atom. The lowest BCUT2D eigenvalue weighted by molar-refractivity contribution is 0.112. The lowest BCUT2D eigenvalue weighted by Gasteiger charge is -2.02. The quantitative estimate of drug-likeness (QED) is 0.370. The standard InChI is InChI=1S/C24H16O3/c1-26-22-15-23-21(14-19(22)16-25)20(13-12-17-8-4-2-5-9-17)24(27-23)18-10-6-3-7-11-18/h2-11,14-16H,1H3. The minimum absolute atomic E-state index is 0.466. The first-order valence-electron chi connectivity index (χ1n) is 8.52. The van der Waals surface area contributed by atoms with Gasteiger partial charge in [-0.2, -0.15) is 0 Å². The van der Waals surface area contributed by atoms with E-state index >= 15 is 0 Å². The van der Waals surface area contributed by atoms with Crippen molar-refractivity contribution < 1.29 is 13.9 Å². The maximum absolute atomic E-state index is 11.5. The summed E-state index contributed by atoms with van der Waals surface area (Å²) in [6.07, 6.45) is 0.780. The molecule has 0 N–H and O–H groups in total. The number of rotatable bonds is 3. The molecule has 0 saturated carbocycles. The van der Waals surface area contributed by atoms with Crippen molar-refractivity contribution in [2.45, 2.75) is 0 Å². The van der Waals surface area contributed by atoms with Crippen molar-refractivity contribution in [1.82, 2.24) is 0 Å². The number of methoxy groups -OCH3 is 1. The monoisotopic (exact) mass is 352 g/mol. The lowest BCUT2D eigenvalue weighted by atomic mass is 10.0. The van der Waals surface area contributed by atoms with Gasteiger partial charge in [0, 0.05) is 22.6 Å². The molecule has 0 saturated heterocycles. The third-order valence-electron chi connectivity index (χ3n) is 4.31. The molecule has 3 heteroatoms. The molecule has 0 atom stereocenters. The average Bonchev–Trinajstić information content (AvgIpc) is 3.10. The van der Waals surface area contributed by atoms with Crippen LogP contribution in [-0.4, -0.2) is 13.4 Å². The number of aldehydes is 1. The van der Waals surface area contributed by atoms with E-state index in [1.807, 2.05) is 60.7 Å². The van der Waals surface area contributed by atoms with Gasteiger partial charge in [-0.15, -0.1) is 0 Å². The molecule has 1 aromatic heterocycles. The molecule has 0 amide bonds. The highest BCUT2D eigenvalue weighted by molar-refractivity contribution is 5.96. The van der Waals surface area contributed by atoms with E-state index in [0.29, 0.717) is 22.7 Å². The normalized spacial score (nSPS) is 10.3. The summed E-state index contributed by atoms with van der Waals surface area (Å²) in [6, 6.07) is 23.1. The molecule has 3 nitrogen and oxygen atoms in total. The second kappa shape index (κ2) is 7.23. The summed E-state index contributed by atoms with van der Waals surface area (Å²) in [5, 5.41) is 0.792. The fourth-order valence-corrected chi connectivity index (χ4v) is 2.98. The van der Waals surface area contributed by atoms with Crippen LogP contribution >= 0.6 is 0 Å². The van der Waals surface area contributed by atoms with Gasteiger partial charge in [-0.05, 0) is 18.2 Å². The highest BCUT2D eigenvalue weighted by atomic mass is 16.5. The van der Waals surface area contributed by atoms with E-state index in [9.17, 15) is 4.79 Å². The molecule has 0 aliphatic heterocycles. The summed E-state index contributed by atoms with van der Waals surface area (Å²) in [4.78, 5) is 11.5. The molecule has 0 unspecified atom stereocenters. The average molecular weight is 352 g/mol. The predicted octanol–water partition coefficient (Wildman–Crippen LogP) is 5.32. The fraction of sp³-hybridized carbons (Fsp3) is 0.0417. The SMILES string of the molecule is COc1cc2oc(-c3ccccc3)c(C#Cc3ccccc3)c2cc1C=O. The summed E-state index contributed by atoms with van der Waals surface area (Å²) >= 11 is 0. The molecule has 0 radical (unpaired) electrons. The molecule has 0 bridgehead atoms. The van der Waals surface area contributed by atoms with Gasteiger partial charge in [0.25, 0.3) is 0 Å². The van der Waals surface area contributed by atoms with E-state index in [-0.39, 0.29) is 0 Å². The van der Waals surface area contributed by atoms with Crippen molar-refractivity contribution in [3.8, 4) is 28.9 Å². The minimum atomic E-state index is 0.466. The van der Waals surface area contributed by atoms with Gasteiger partial charge in [-0.25, -0.2) is 0 Å². The van der Waals surface area contributed by atoms with Crippen LogP contribution in [0.2, 0.25) is 0 Å². The summed E-state index contributed by atoms with van der Waals surface area (Å²) in [7, 11) is 1.53. The molecular weight excluding hydrogens is 336 g/mol. The van der Waals surface area contributed by atoms with E-state index in [1.165, 1.54) is 7.11 Å². The van der Waals surface area contributed by atoms with Crippen LogP contribution in [-0.2, 0) is 0 Å². The molecule has 3 aromatic carbocycles. The topological polar surface area (TPSA) is 39.4 Å². The number of carbonyl (C=O) groups excluding carboxylic acids is 1. The third kappa shape index (κ3) is 3.21. The van der Waals surface area contributed by atoms with E-state index in [2.05, 4.69) is 11.8 Å². The van der Waals surface area contributed by atoms with Crippen molar-refractivity contribution >= 4 is 17.3 Å². The number of hydrogen-bond acceptors (Lipinski definition) is 3. The molecule has 4 rings (SSSR count). The second-order valence-corrected chi connectivity index (χ2v) is 6.00. The van der Waals surface area contributed by atoms with Crippen molar-refractivity contribution in [3.63, 3.8) is 0 Å². The maximum Gasteiger partial charge on any atom is 0.153 e. The summed E-state index contributed by atoms with van der Waals surface area (Å²) in [6.45, 7) is 0. The fourth-order valence-electron chi connectivity index (χ4n) is 2.98. The van der Waals surface area contributed by atoms with E-state index in [0.717, 1.165) is 28.4 Å². The Bertz CT molecular complexity index is 1160. The molecule has 27 heavy (non-hydrogen) atoms. The number of furan rings is 1. The Morgan fingerprint density at radius 2 is 1.63 bits per heavy atom.